The van der Waals surface area contributed by atoms with Crippen LogP contribution in [0.4, 0.5) is 4.79 Å². The van der Waals surface area contributed by atoms with E-state index < -0.39 is 6.16 Å². The minimum absolute atomic E-state index is 0.109. The molecule has 0 aliphatic heterocycles. The smallest absolute Gasteiger partial charge is 0.507 e. The summed E-state index contributed by atoms with van der Waals surface area (Å²) in [6, 6.07) is 13.9. The van der Waals surface area contributed by atoms with E-state index in [2.05, 4.69) is 15.2 Å². The molecule has 2 aromatic rings. The van der Waals surface area contributed by atoms with E-state index >= 15 is 0 Å². The Morgan fingerprint density at radius 1 is 1.09 bits per heavy atom. The van der Waals surface area contributed by atoms with Crippen LogP contribution in [0.15, 0.2) is 58.9 Å². The van der Waals surface area contributed by atoms with Gasteiger partial charge in [0.05, 0.1) is 6.54 Å². The maximum Gasteiger partial charge on any atom is 0.542 e. The summed E-state index contributed by atoms with van der Waals surface area (Å²) >= 11 is 0. The molecular weight excluding hydrogens is 284 g/mol. The second-order valence-corrected chi connectivity index (χ2v) is 4.42. The van der Waals surface area contributed by atoms with Gasteiger partial charge < -0.3 is 9.84 Å². The van der Waals surface area contributed by atoms with Crippen LogP contribution < -0.4 is 4.74 Å². The summed E-state index contributed by atoms with van der Waals surface area (Å²) in [6.07, 6.45) is -0.252. The molecule has 114 valence electrons. The molecule has 0 radical (unpaired) electrons. The molecule has 0 saturated carbocycles. The Kier molecular flexibility index (Phi) is 5.48. The van der Waals surface area contributed by atoms with E-state index in [1.807, 2.05) is 19.1 Å². The Balaban J connectivity index is 1.84. The SMILES string of the molecule is CCc1cccc(C/N=N/OC(=O)Oc2ccccc2)c1O. The van der Waals surface area contributed by atoms with Crippen LogP contribution in [-0.2, 0) is 17.8 Å². The first kappa shape index (κ1) is 15.5. The molecule has 0 amide bonds. The first-order chi connectivity index (χ1) is 10.7. The Morgan fingerprint density at radius 2 is 1.82 bits per heavy atom. The molecule has 6 nitrogen and oxygen atoms in total. The van der Waals surface area contributed by atoms with Gasteiger partial charge in [-0.1, -0.05) is 43.3 Å². The molecule has 6 heteroatoms. The fraction of sp³-hybridized carbons (Fsp3) is 0.188. The van der Waals surface area contributed by atoms with Crippen molar-refractivity contribution in [2.45, 2.75) is 19.9 Å². The maximum absolute atomic E-state index is 11.3. The average Bonchev–Trinajstić information content (AvgIpc) is 2.54. The van der Waals surface area contributed by atoms with E-state index in [4.69, 9.17) is 4.74 Å². The van der Waals surface area contributed by atoms with Crippen molar-refractivity contribution in [1.82, 2.24) is 0 Å². The third-order valence-corrected chi connectivity index (χ3v) is 2.94. The number of ether oxygens (including phenoxy) is 1. The number of hydrogen-bond donors (Lipinski definition) is 1. The van der Waals surface area contributed by atoms with Gasteiger partial charge in [0.1, 0.15) is 11.5 Å². The van der Waals surface area contributed by atoms with E-state index in [0.717, 1.165) is 12.0 Å². The molecule has 0 spiro atoms. The number of hydrogen-bond acceptors (Lipinski definition) is 6. The summed E-state index contributed by atoms with van der Waals surface area (Å²) in [5.41, 5.74) is 1.44. The van der Waals surface area contributed by atoms with Crippen molar-refractivity contribution < 1.29 is 19.5 Å². The number of carbonyl (C=O) groups excluding carboxylic acids is 1. The number of carbonyl (C=O) groups is 1. The lowest BCUT2D eigenvalue weighted by atomic mass is 10.1. The molecule has 22 heavy (non-hydrogen) atoms. The summed E-state index contributed by atoms with van der Waals surface area (Å²) in [4.78, 5) is 15.8. The highest BCUT2D eigenvalue weighted by atomic mass is 16.8. The van der Waals surface area contributed by atoms with Crippen molar-refractivity contribution in [2.75, 3.05) is 0 Å². The summed E-state index contributed by atoms with van der Waals surface area (Å²) < 4.78 is 4.86. The zero-order chi connectivity index (χ0) is 15.8. The number of benzene rings is 2. The third kappa shape index (κ3) is 4.31. The van der Waals surface area contributed by atoms with Crippen LogP contribution in [0.2, 0.25) is 0 Å². The van der Waals surface area contributed by atoms with E-state index in [1.165, 1.54) is 0 Å². The maximum atomic E-state index is 11.3. The van der Waals surface area contributed by atoms with Gasteiger partial charge in [-0.05, 0) is 24.1 Å². The van der Waals surface area contributed by atoms with Gasteiger partial charge in [-0.15, -0.1) is 5.11 Å². The molecule has 0 aromatic heterocycles. The monoisotopic (exact) mass is 300 g/mol. The largest absolute Gasteiger partial charge is 0.542 e. The molecule has 0 saturated heterocycles. The third-order valence-electron chi connectivity index (χ3n) is 2.94. The second kappa shape index (κ2) is 7.78. The van der Waals surface area contributed by atoms with Gasteiger partial charge in [-0.3, -0.25) is 4.84 Å². The number of rotatable bonds is 5. The van der Waals surface area contributed by atoms with Crippen molar-refractivity contribution in [1.29, 1.82) is 0 Å². The fourth-order valence-corrected chi connectivity index (χ4v) is 1.83. The highest BCUT2D eigenvalue weighted by Gasteiger charge is 2.06. The van der Waals surface area contributed by atoms with Crippen LogP contribution in [0, 0.1) is 0 Å². The quantitative estimate of drug-likeness (QED) is 0.391. The topological polar surface area (TPSA) is 80.5 Å². The van der Waals surface area contributed by atoms with Crippen molar-refractivity contribution in [2.24, 2.45) is 10.4 Å². The predicted octanol–water partition coefficient (Wildman–Crippen LogP) is 4.04. The minimum atomic E-state index is -0.971. The number of para-hydroxylation sites is 2. The molecule has 0 fully saturated rings. The Labute approximate surface area is 128 Å². The molecule has 0 aliphatic carbocycles. The molecule has 1 N–H and O–H groups in total. The molecule has 2 aromatic carbocycles. The number of phenols is 1. The Bertz CT molecular complexity index is 656. The van der Waals surface area contributed by atoms with E-state index in [1.54, 1.807) is 36.4 Å². The van der Waals surface area contributed by atoms with Crippen molar-refractivity contribution >= 4 is 6.16 Å². The zero-order valence-corrected chi connectivity index (χ0v) is 12.1. The summed E-state index contributed by atoms with van der Waals surface area (Å²) in [7, 11) is 0. The van der Waals surface area contributed by atoms with Gasteiger partial charge in [0.15, 0.2) is 0 Å². The number of aryl methyl sites for hydroxylation is 1. The fourth-order valence-electron chi connectivity index (χ4n) is 1.83. The van der Waals surface area contributed by atoms with E-state index in [0.29, 0.717) is 11.3 Å². The highest BCUT2D eigenvalue weighted by molar-refractivity contribution is 5.63. The van der Waals surface area contributed by atoms with Crippen LogP contribution in [0.3, 0.4) is 0 Å². The first-order valence-electron chi connectivity index (χ1n) is 6.81. The molecule has 0 unspecified atom stereocenters. The second-order valence-electron chi connectivity index (χ2n) is 4.42. The molecule has 2 rings (SSSR count). The lowest BCUT2D eigenvalue weighted by molar-refractivity contribution is 0.0932. The van der Waals surface area contributed by atoms with E-state index in [-0.39, 0.29) is 12.3 Å². The van der Waals surface area contributed by atoms with Gasteiger partial charge in [-0.25, -0.2) is 4.79 Å². The van der Waals surface area contributed by atoms with Crippen LogP contribution in [-0.4, -0.2) is 11.3 Å². The van der Waals surface area contributed by atoms with Gasteiger partial charge >= 0.3 is 6.16 Å². The predicted molar refractivity (Wildman–Crippen MR) is 79.6 cm³/mol. The Morgan fingerprint density at radius 3 is 2.55 bits per heavy atom. The molecule has 0 aliphatic rings. The first-order valence-corrected chi connectivity index (χ1v) is 6.81. The van der Waals surface area contributed by atoms with Crippen LogP contribution in [0.1, 0.15) is 18.1 Å². The highest BCUT2D eigenvalue weighted by Crippen LogP contribution is 2.23. The van der Waals surface area contributed by atoms with Crippen LogP contribution >= 0.6 is 0 Å². The Hall–Kier alpha value is -2.89. The number of nitrogens with zero attached hydrogens (tertiary/aromatic N) is 2. The van der Waals surface area contributed by atoms with Crippen molar-refractivity contribution in [3.05, 3.63) is 59.7 Å². The van der Waals surface area contributed by atoms with Crippen molar-refractivity contribution in [3.63, 3.8) is 0 Å². The van der Waals surface area contributed by atoms with Crippen LogP contribution in [0.5, 0.6) is 11.5 Å². The molecule has 0 heterocycles. The normalized spacial score (nSPS) is 10.6. The molecule has 0 bridgehead atoms. The molecular formula is C16H16N2O4. The van der Waals surface area contributed by atoms with E-state index in [9.17, 15) is 9.90 Å². The molecule has 0 atom stereocenters. The minimum Gasteiger partial charge on any atom is -0.507 e. The lowest BCUT2D eigenvalue weighted by Gasteiger charge is -2.05. The standard InChI is InChI=1S/C16H16N2O4/c1-2-12-7-6-8-13(15(12)19)11-17-18-22-16(20)21-14-9-4-3-5-10-14/h3-10,19H,2,11H2,1H3/b18-17+. The zero-order valence-electron chi connectivity index (χ0n) is 12.1. The number of phenolic OH excluding ortho intramolecular Hbond substituents is 1. The average molecular weight is 300 g/mol. The van der Waals surface area contributed by atoms with Gasteiger partial charge in [0, 0.05) is 10.8 Å². The summed E-state index contributed by atoms with van der Waals surface area (Å²) in [6.45, 7) is 2.06. The summed E-state index contributed by atoms with van der Waals surface area (Å²) in [5, 5.41) is 17.0. The summed E-state index contributed by atoms with van der Waals surface area (Å²) in [5.74, 6) is 0.548. The van der Waals surface area contributed by atoms with Crippen molar-refractivity contribution in [3.8, 4) is 11.5 Å². The lowest BCUT2D eigenvalue weighted by Crippen LogP contribution is -2.06. The van der Waals surface area contributed by atoms with Gasteiger partial charge in [-0.2, -0.15) is 0 Å². The van der Waals surface area contributed by atoms with Crippen LogP contribution in [0.25, 0.3) is 0 Å². The van der Waals surface area contributed by atoms with Gasteiger partial charge in [0.2, 0.25) is 0 Å². The number of aromatic hydroxyl groups is 1. The van der Waals surface area contributed by atoms with Gasteiger partial charge in [0.25, 0.3) is 0 Å².